The molecular formula is C23H23ClN4O2. The van der Waals surface area contributed by atoms with Crippen LogP contribution in [0, 0.1) is 6.92 Å². The normalized spacial score (nSPS) is 10.9. The molecule has 0 spiro atoms. The Labute approximate surface area is 180 Å². The molecule has 2 amide bonds. The Kier molecular flexibility index (Phi) is 7.03. The maximum absolute atomic E-state index is 12.1. The Balaban J connectivity index is 1.59. The number of hydrogen-bond donors (Lipinski definition) is 2. The Bertz CT molecular complexity index is 1060. The third-order valence-electron chi connectivity index (χ3n) is 4.61. The summed E-state index contributed by atoms with van der Waals surface area (Å²) in [5.41, 5.74) is 8.81. The molecule has 0 saturated carbocycles. The summed E-state index contributed by atoms with van der Waals surface area (Å²) < 4.78 is 1.69. The number of aromatic nitrogens is 2. The largest absolute Gasteiger partial charge is 0.269 e. The third-order valence-corrected chi connectivity index (χ3v) is 5.01. The molecule has 7 heteroatoms. The highest BCUT2D eigenvalue weighted by Gasteiger charge is 2.12. The van der Waals surface area contributed by atoms with Gasteiger partial charge in [0, 0.05) is 17.2 Å². The lowest BCUT2D eigenvalue weighted by molar-refractivity contribution is -0.117. The van der Waals surface area contributed by atoms with Crippen molar-refractivity contribution in [2.45, 2.75) is 26.8 Å². The van der Waals surface area contributed by atoms with Crippen LogP contribution >= 0.6 is 11.6 Å². The molecule has 1 heterocycles. The Morgan fingerprint density at radius 1 is 1.03 bits per heavy atom. The van der Waals surface area contributed by atoms with Crippen molar-refractivity contribution in [3.63, 3.8) is 0 Å². The molecule has 3 aromatic rings. The van der Waals surface area contributed by atoms with Crippen LogP contribution in [0.3, 0.4) is 0 Å². The zero-order valence-corrected chi connectivity index (χ0v) is 17.6. The van der Waals surface area contributed by atoms with Crippen LogP contribution in [0.15, 0.2) is 60.7 Å². The Hall–Kier alpha value is -3.38. The lowest BCUT2D eigenvalue weighted by Gasteiger charge is -2.06. The van der Waals surface area contributed by atoms with Crippen molar-refractivity contribution in [3.8, 4) is 0 Å². The van der Waals surface area contributed by atoms with Crippen molar-refractivity contribution in [1.29, 1.82) is 0 Å². The molecule has 0 radical (unpaired) electrons. The minimum absolute atomic E-state index is 0.385. The zero-order chi connectivity index (χ0) is 21.5. The molecule has 6 nitrogen and oxygen atoms in total. The van der Waals surface area contributed by atoms with E-state index >= 15 is 0 Å². The molecule has 0 bridgehead atoms. The van der Waals surface area contributed by atoms with Gasteiger partial charge < -0.3 is 0 Å². The summed E-state index contributed by atoms with van der Waals surface area (Å²) in [6, 6.07) is 17.1. The second-order valence-electron chi connectivity index (χ2n) is 6.76. The fraction of sp³-hybridized carbons (Fsp3) is 0.174. The van der Waals surface area contributed by atoms with Gasteiger partial charge >= 0.3 is 0 Å². The lowest BCUT2D eigenvalue weighted by Crippen LogP contribution is -2.40. The molecule has 154 valence electrons. The standard InChI is InChI=1S/C23H23ClN4O2/c1-3-17-9-11-19(12-10-17)23(30)26-25-21(29)14-13-20-16(2)27-28(22(20)24)15-18-7-5-4-6-8-18/h4-14H,3,15H2,1-2H3,(H,25,29)(H,26,30)/b14-13+. The molecule has 0 unspecified atom stereocenters. The molecule has 30 heavy (non-hydrogen) atoms. The second kappa shape index (κ2) is 9.89. The fourth-order valence-corrected chi connectivity index (χ4v) is 3.20. The first kappa shape index (κ1) is 21.3. The van der Waals surface area contributed by atoms with Gasteiger partial charge in [-0.2, -0.15) is 5.10 Å². The van der Waals surface area contributed by atoms with Gasteiger partial charge in [-0.25, -0.2) is 4.68 Å². The van der Waals surface area contributed by atoms with Crippen molar-refractivity contribution < 1.29 is 9.59 Å². The predicted molar refractivity (Wildman–Crippen MR) is 118 cm³/mol. The average molecular weight is 423 g/mol. The summed E-state index contributed by atoms with van der Waals surface area (Å²) in [5, 5.41) is 4.89. The van der Waals surface area contributed by atoms with Crippen LogP contribution in [0.5, 0.6) is 0 Å². The van der Waals surface area contributed by atoms with E-state index in [0.717, 1.165) is 17.5 Å². The number of aryl methyl sites for hydroxylation is 2. The van der Waals surface area contributed by atoms with E-state index in [1.807, 2.05) is 56.3 Å². The highest BCUT2D eigenvalue weighted by molar-refractivity contribution is 6.31. The summed E-state index contributed by atoms with van der Waals surface area (Å²) in [5.74, 6) is -0.857. The average Bonchev–Trinajstić information content (AvgIpc) is 3.03. The number of rotatable bonds is 6. The smallest absolute Gasteiger partial charge is 0.268 e. The molecule has 0 saturated heterocycles. The minimum Gasteiger partial charge on any atom is -0.268 e. The summed E-state index contributed by atoms with van der Waals surface area (Å²) in [7, 11) is 0. The van der Waals surface area contributed by atoms with Crippen LogP contribution in [-0.2, 0) is 17.8 Å². The second-order valence-corrected chi connectivity index (χ2v) is 7.12. The van der Waals surface area contributed by atoms with E-state index < -0.39 is 5.91 Å². The van der Waals surface area contributed by atoms with E-state index in [1.54, 1.807) is 22.9 Å². The van der Waals surface area contributed by atoms with E-state index in [4.69, 9.17) is 11.6 Å². The number of hydrogen-bond acceptors (Lipinski definition) is 3. The molecule has 2 aromatic carbocycles. The molecule has 0 aliphatic carbocycles. The van der Waals surface area contributed by atoms with E-state index in [2.05, 4.69) is 16.0 Å². The first-order valence-corrected chi connectivity index (χ1v) is 10.00. The van der Waals surface area contributed by atoms with Gasteiger partial charge in [0.15, 0.2) is 0 Å². The highest BCUT2D eigenvalue weighted by Crippen LogP contribution is 2.22. The molecule has 0 aliphatic heterocycles. The van der Waals surface area contributed by atoms with Gasteiger partial charge in [0.1, 0.15) is 5.15 Å². The van der Waals surface area contributed by atoms with Crippen LogP contribution in [0.4, 0.5) is 0 Å². The Morgan fingerprint density at radius 2 is 1.73 bits per heavy atom. The predicted octanol–water partition coefficient (Wildman–Crippen LogP) is 3.93. The number of halogens is 1. The van der Waals surface area contributed by atoms with Gasteiger partial charge in [0.25, 0.3) is 11.8 Å². The van der Waals surface area contributed by atoms with E-state index in [9.17, 15) is 9.59 Å². The summed E-state index contributed by atoms with van der Waals surface area (Å²) in [6.07, 6.45) is 3.79. The van der Waals surface area contributed by atoms with Crippen LogP contribution in [0.1, 0.15) is 39.7 Å². The molecule has 0 aliphatic rings. The van der Waals surface area contributed by atoms with Crippen molar-refractivity contribution in [2.24, 2.45) is 0 Å². The maximum Gasteiger partial charge on any atom is 0.269 e. The monoisotopic (exact) mass is 422 g/mol. The van der Waals surface area contributed by atoms with Gasteiger partial charge in [0.05, 0.1) is 12.2 Å². The molecule has 0 atom stereocenters. The van der Waals surface area contributed by atoms with Gasteiger partial charge in [-0.05, 0) is 42.7 Å². The third kappa shape index (κ3) is 5.36. The quantitative estimate of drug-likeness (QED) is 0.466. The first-order valence-electron chi connectivity index (χ1n) is 9.62. The van der Waals surface area contributed by atoms with Crippen molar-refractivity contribution >= 4 is 29.5 Å². The number of carbonyl (C=O) groups excluding carboxylic acids is 2. The van der Waals surface area contributed by atoms with E-state index in [1.165, 1.54) is 6.08 Å². The summed E-state index contributed by atoms with van der Waals surface area (Å²) >= 11 is 6.44. The zero-order valence-electron chi connectivity index (χ0n) is 16.9. The molecule has 3 rings (SSSR count). The molecule has 0 fully saturated rings. The van der Waals surface area contributed by atoms with Crippen LogP contribution in [0.25, 0.3) is 6.08 Å². The summed E-state index contributed by atoms with van der Waals surface area (Å²) in [4.78, 5) is 24.2. The van der Waals surface area contributed by atoms with Crippen LogP contribution in [-0.4, -0.2) is 21.6 Å². The number of amides is 2. The molecule has 1 aromatic heterocycles. The van der Waals surface area contributed by atoms with Crippen LogP contribution in [0.2, 0.25) is 5.15 Å². The van der Waals surface area contributed by atoms with E-state index in [-0.39, 0.29) is 5.91 Å². The van der Waals surface area contributed by atoms with Gasteiger partial charge in [-0.3, -0.25) is 20.4 Å². The summed E-state index contributed by atoms with van der Waals surface area (Å²) in [6.45, 7) is 4.40. The number of nitrogens with one attached hydrogen (secondary N) is 2. The maximum atomic E-state index is 12.1. The topological polar surface area (TPSA) is 76.0 Å². The molecular weight excluding hydrogens is 400 g/mol. The Morgan fingerprint density at radius 3 is 2.40 bits per heavy atom. The first-order chi connectivity index (χ1) is 14.5. The number of benzene rings is 2. The van der Waals surface area contributed by atoms with Gasteiger partial charge in [-0.1, -0.05) is 61.0 Å². The van der Waals surface area contributed by atoms with E-state index in [0.29, 0.717) is 28.5 Å². The van der Waals surface area contributed by atoms with Crippen molar-refractivity contribution in [1.82, 2.24) is 20.6 Å². The highest BCUT2D eigenvalue weighted by atomic mass is 35.5. The van der Waals surface area contributed by atoms with Crippen molar-refractivity contribution in [3.05, 3.63) is 93.8 Å². The number of hydrazine groups is 1. The lowest BCUT2D eigenvalue weighted by atomic mass is 10.1. The van der Waals surface area contributed by atoms with Crippen molar-refractivity contribution in [2.75, 3.05) is 0 Å². The van der Waals surface area contributed by atoms with Gasteiger partial charge in [0.2, 0.25) is 0 Å². The van der Waals surface area contributed by atoms with Crippen LogP contribution < -0.4 is 10.9 Å². The van der Waals surface area contributed by atoms with Gasteiger partial charge in [-0.15, -0.1) is 0 Å². The minimum atomic E-state index is -0.472. The number of carbonyl (C=O) groups is 2. The SMILES string of the molecule is CCc1ccc(C(=O)NNC(=O)/C=C/c2c(C)nn(Cc3ccccc3)c2Cl)cc1. The fourth-order valence-electron chi connectivity index (χ4n) is 2.90. The number of nitrogens with zero attached hydrogens (tertiary/aromatic N) is 2. The molecule has 2 N–H and O–H groups in total.